The van der Waals surface area contributed by atoms with Crippen molar-refractivity contribution in [3.63, 3.8) is 0 Å². The molecule has 0 aliphatic carbocycles. The minimum absolute atomic E-state index is 0.0190. The van der Waals surface area contributed by atoms with E-state index in [1.807, 2.05) is 0 Å². The lowest BCUT2D eigenvalue weighted by molar-refractivity contribution is -0.385. The summed E-state index contributed by atoms with van der Waals surface area (Å²) in [6.45, 7) is 4.44. The molecule has 21 heavy (non-hydrogen) atoms. The fraction of sp³-hybridized carbons (Fsp3) is 0.500. The molecule has 0 saturated heterocycles. The molecule has 0 aromatic heterocycles. The first-order valence-electron chi connectivity index (χ1n) is 6.05. The predicted octanol–water partition coefficient (Wildman–Crippen LogP) is 1.04. The van der Waals surface area contributed by atoms with E-state index >= 15 is 0 Å². The van der Waals surface area contributed by atoms with Gasteiger partial charge in [0.05, 0.1) is 23.7 Å². The molecule has 1 rings (SSSR count). The van der Waals surface area contributed by atoms with E-state index in [9.17, 15) is 23.6 Å². The second-order valence-corrected chi connectivity index (χ2v) is 6.75. The Morgan fingerprint density at radius 1 is 1.43 bits per heavy atom. The number of non-ortho nitro benzene ring substituents is 1. The lowest BCUT2D eigenvalue weighted by atomic mass is 10.0. The van der Waals surface area contributed by atoms with Crippen LogP contribution in [0.1, 0.15) is 20.8 Å². The third-order valence-corrected chi connectivity index (χ3v) is 4.78. The largest absolute Gasteiger partial charge is 0.495 e. The van der Waals surface area contributed by atoms with Crippen LogP contribution < -0.4 is 9.46 Å². The maximum atomic E-state index is 12.4. The number of aliphatic hydroxyl groups is 1. The standard InChI is InChI=1S/C12H18N2O6S/c1-8(15)12(2,3)13-21(18,19)11-7-9(14(16)17)5-6-10(11)20-4/h5-8,13,15H,1-4H3. The number of nitro benzene ring substituents is 1. The van der Waals surface area contributed by atoms with E-state index in [0.717, 1.165) is 12.1 Å². The van der Waals surface area contributed by atoms with Crippen molar-refractivity contribution in [2.75, 3.05) is 7.11 Å². The van der Waals surface area contributed by atoms with Gasteiger partial charge in [-0.25, -0.2) is 13.1 Å². The van der Waals surface area contributed by atoms with Gasteiger partial charge in [0.1, 0.15) is 10.6 Å². The van der Waals surface area contributed by atoms with Gasteiger partial charge >= 0.3 is 0 Å². The number of benzene rings is 1. The van der Waals surface area contributed by atoms with E-state index < -0.39 is 26.6 Å². The van der Waals surface area contributed by atoms with Crippen molar-refractivity contribution in [1.29, 1.82) is 0 Å². The zero-order chi connectivity index (χ0) is 16.4. The zero-order valence-electron chi connectivity index (χ0n) is 12.2. The molecular weight excluding hydrogens is 300 g/mol. The Hall–Kier alpha value is -1.71. The summed E-state index contributed by atoms with van der Waals surface area (Å²) in [5, 5.41) is 20.4. The fourth-order valence-corrected chi connectivity index (χ4v) is 3.14. The van der Waals surface area contributed by atoms with Gasteiger partial charge < -0.3 is 9.84 Å². The number of ether oxygens (including phenoxy) is 1. The van der Waals surface area contributed by atoms with Gasteiger partial charge in [-0.05, 0) is 26.8 Å². The predicted molar refractivity (Wildman–Crippen MR) is 75.7 cm³/mol. The molecule has 0 radical (unpaired) electrons. The van der Waals surface area contributed by atoms with Gasteiger partial charge in [0, 0.05) is 12.1 Å². The quantitative estimate of drug-likeness (QED) is 0.597. The van der Waals surface area contributed by atoms with Crippen molar-refractivity contribution < 1.29 is 23.2 Å². The Bertz CT molecular complexity index is 639. The minimum Gasteiger partial charge on any atom is -0.495 e. The first-order chi connectivity index (χ1) is 9.51. The number of sulfonamides is 1. The second-order valence-electron chi connectivity index (χ2n) is 5.10. The summed E-state index contributed by atoms with van der Waals surface area (Å²) in [5.41, 5.74) is -1.51. The average molecular weight is 318 g/mol. The Morgan fingerprint density at radius 2 is 2.00 bits per heavy atom. The number of nitrogens with one attached hydrogen (secondary N) is 1. The van der Waals surface area contributed by atoms with Crippen LogP contribution in [0, 0.1) is 10.1 Å². The molecule has 9 heteroatoms. The maximum absolute atomic E-state index is 12.4. The van der Waals surface area contributed by atoms with E-state index in [-0.39, 0.29) is 16.3 Å². The summed E-state index contributed by atoms with van der Waals surface area (Å²) in [7, 11) is -2.84. The molecule has 0 bridgehead atoms. The summed E-state index contributed by atoms with van der Waals surface area (Å²) < 4.78 is 32.0. The first-order valence-corrected chi connectivity index (χ1v) is 7.54. The molecule has 8 nitrogen and oxygen atoms in total. The SMILES string of the molecule is COc1ccc([N+](=O)[O-])cc1S(=O)(=O)NC(C)(C)C(C)O. The summed E-state index contributed by atoms with van der Waals surface area (Å²) in [6, 6.07) is 3.28. The molecule has 1 aromatic rings. The van der Waals surface area contributed by atoms with Crippen molar-refractivity contribution in [3.8, 4) is 5.75 Å². The molecule has 0 spiro atoms. The highest BCUT2D eigenvalue weighted by molar-refractivity contribution is 7.89. The van der Waals surface area contributed by atoms with Crippen LogP contribution in [0.15, 0.2) is 23.1 Å². The van der Waals surface area contributed by atoms with Crippen molar-refractivity contribution in [3.05, 3.63) is 28.3 Å². The van der Waals surface area contributed by atoms with Crippen LogP contribution in [-0.4, -0.2) is 37.2 Å². The van der Waals surface area contributed by atoms with Gasteiger partial charge in [-0.2, -0.15) is 0 Å². The number of nitro groups is 1. The third kappa shape index (κ3) is 3.90. The third-order valence-electron chi connectivity index (χ3n) is 3.09. The highest BCUT2D eigenvalue weighted by atomic mass is 32.2. The average Bonchev–Trinajstić information content (AvgIpc) is 2.36. The Balaban J connectivity index is 3.36. The molecule has 0 fully saturated rings. The van der Waals surface area contributed by atoms with Crippen LogP contribution in [0.4, 0.5) is 5.69 Å². The lowest BCUT2D eigenvalue weighted by Crippen LogP contribution is -2.50. The van der Waals surface area contributed by atoms with Gasteiger partial charge in [-0.1, -0.05) is 0 Å². The van der Waals surface area contributed by atoms with Gasteiger partial charge in [-0.3, -0.25) is 10.1 Å². The molecule has 0 saturated carbocycles. The van der Waals surface area contributed by atoms with Gasteiger partial charge in [-0.15, -0.1) is 0 Å². The van der Waals surface area contributed by atoms with Crippen LogP contribution in [0.3, 0.4) is 0 Å². The van der Waals surface area contributed by atoms with Crippen molar-refractivity contribution in [1.82, 2.24) is 4.72 Å². The molecule has 0 aliphatic heterocycles. The van der Waals surface area contributed by atoms with E-state index in [0.29, 0.717) is 0 Å². The summed E-state index contributed by atoms with van der Waals surface area (Å²) >= 11 is 0. The van der Waals surface area contributed by atoms with Gasteiger partial charge in [0.25, 0.3) is 5.69 Å². The van der Waals surface area contributed by atoms with Crippen molar-refractivity contribution >= 4 is 15.7 Å². The van der Waals surface area contributed by atoms with Crippen molar-refractivity contribution in [2.45, 2.75) is 37.3 Å². The number of nitrogens with zero attached hydrogens (tertiary/aromatic N) is 1. The lowest BCUT2D eigenvalue weighted by Gasteiger charge is -2.29. The Kier molecular flexibility index (Phi) is 4.92. The monoisotopic (exact) mass is 318 g/mol. The van der Waals surface area contributed by atoms with E-state index in [1.54, 1.807) is 0 Å². The molecule has 0 aliphatic rings. The van der Waals surface area contributed by atoms with Crippen molar-refractivity contribution in [2.24, 2.45) is 0 Å². The molecule has 1 unspecified atom stereocenters. The summed E-state index contributed by atoms with van der Waals surface area (Å²) in [4.78, 5) is 9.73. The Morgan fingerprint density at radius 3 is 2.43 bits per heavy atom. The number of aliphatic hydroxyl groups excluding tert-OH is 1. The highest BCUT2D eigenvalue weighted by Crippen LogP contribution is 2.29. The molecule has 0 amide bonds. The minimum atomic E-state index is -4.10. The molecular formula is C12H18N2O6S. The smallest absolute Gasteiger partial charge is 0.271 e. The second kappa shape index (κ2) is 5.96. The van der Waals surface area contributed by atoms with Gasteiger partial charge in [0.15, 0.2) is 0 Å². The molecule has 2 N–H and O–H groups in total. The summed E-state index contributed by atoms with van der Waals surface area (Å²) in [6.07, 6.45) is -0.961. The van der Waals surface area contributed by atoms with Crippen LogP contribution >= 0.6 is 0 Å². The number of hydrogen-bond acceptors (Lipinski definition) is 6. The highest BCUT2D eigenvalue weighted by Gasteiger charge is 2.33. The van der Waals surface area contributed by atoms with E-state index in [2.05, 4.69) is 4.72 Å². The van der Waals surface area contributed by atoms with Crippen LogP contribution in [-0.2, 0) is 10.0 Å². The number of methoxy groups -OCH3 is 1. The van der Waals surface area contributed by atoms with Crippen LogP contribution in [0.5, 0.6) is 5.75 Å². The van der Waals surface area contributed by atoms with E-state index in [4.69, 9.17) is 4.74 Å². The molecule has 0 heterocycles. The maximum Gasteiger partial charge on any atom is 0.271 e. The van der Waals surface area contributed by atoms with Gasteiger partial charge in [0.2, 0.25) is 10.0 Å². The molecule has 118 valence electrons. The number of hydrogen-bond donors (Lipinski definition) is 2. The summed E-state index contributed by atoms with van der Waals surface area (Å²) in [5.74, 6) is -0.0190. The Labute approximate surface area is 122 Å². The number of rotatable bonds is 6. The zero-order valence-corrected chi connectivity index (χ0v) is 13.0. The fourth-order valence-electron chi connectivity index (χ4n) is 1.48. The van der Waals surface area contributed by atoms with Crippen LogP contribution in [0.2, 0.25) is 0 Å². The van der Waals surface area contributed by atoms with E-state index in [1.165, 1.54) is 33.9 Å². The first kappa shape index (κ1) is 17.3. The topological polar surface area (TPSA) is 119 Å². The van der Waals surface area contributed by atoms with Crippen LogP contribution in [0.25, 0.3) is 0 Å². The molecule has 1 aromatic carbocycles. The molecule has 1 atom stereocenters. The normalized spacial score (nSPS) is 13.8.